The molecule has 4 rings (SSSR count). The van der Waals surface area contributed by atoms with Crippen LogP contribution in [-0.4, -0.2) is 53.7 Å². The molecule has 0 spiro atoms. The van der Waals surface area contributed by atoms with Crippen LogP contribution in [0, 0.1) is 6.92 Å². The summed E-state index contributed by atoms with van der Waals surface area (Å²) in [5.74, 6) is -0.0641. The number of fused-ring (bicyclic) bond motifs is 1. The van der Waals surface area contributed by atoms with Gasteiger partial charge in [-0.3, -0.25) is 4.57 Å². The summed E-state index contributed by atoms with van der Waals surface area (Å²) in [4.78, 5) is 13.5. The third kappa shape index (κ3) is 2.69. The molecule has 3 heterocycles. The molecule has 26 heavy (non-hydrogen) atoms. The highest BCUT2D eigenvalue weighted by molar-refractivity contribution is 7.89. The first-order valence-corrected chi connectivity index (χ1v) is 9.45. The summed E-state index contributed by atoms with van der Waals surface area (Å²) < 4.78 is 39.0. The van der Waals surface area contributed by atoms with Crippen LogP contribution in [0.5, 0.6) is 0 Å². The smallest absolute Gasteiger partial charge is 0.408 e. The lowest BCUT2D eigenvalue weighted by Gasteiger charge is -2.32. The predicted molar refractivity (Wildman–Crippen MR) is 91.5 cm³/mol. The molecular weight excluding hydrogens is 362 g/mol. The number of anilines is 1. The average Bonchev–Trinajstić information content (AvgIpc) is 3.18. The predicted octanol–water partition coefficient (Wildman–Crippen LogP) is 0.334. The molecule has 0 saturated carbocycles. The fourth-order valence-electron chi connectivity index (χ4n) is 2.96. The first-order valence-electron chi connectivity index (χ1n) is 8.01. The molecule has 1 fully saturated rings. The largest absolute Gasteiger partial charge is 0.419 e. The van der Waals surface area contributed by atoms with Crippen molar-refractivity contribution in [3.05, 3.63) is 34.6 Å². The molecule has 0 unspecified atom stereocenters. The number of hydrogen-bond donors (Lipinski definition) is 0. The molecular formula is C15H17N5O5S. The van der Waals surface area contributed by atoms with Gasteiger partial charge in [-0.2, -0.15) is 4.31 Å². The Morgan fingerprint density at radius 1 is 1.08 bits per heavy atom. The number of aryl methyl sites for hydroxylation is 2. The van der Waals surface area contributed by atoms with Crippen LogP contribution in [0.4, 0.5) is 6.01 Å². The van der Waals surface area contributed by atoms with Gasteiger partial charge in [-0.1, -0.05) is 5.10 Å². The molecule has 1 saturated heterocycles. The van der Waals surface area contributed by atoms with Crippen molar-refractivity contribution in [1.82, 2.24) is 19.1 Å². The topological polar surface area (TPSA) is 115 Å². The molecule has 11 heteroatoms. The Hall–Kier alpha value is -2.66. The van der Waals surface area contributed by atoms with Crippen molar-refractivity contribution in [3.8, 4) is 0 Å². The summed E-state index contributed by atoms with van der Waals surface area (Å²) in [6.07, 6.45) is 0. The number of benzene rings is 1. The summed E-state index contributed by atoms with van der Waals surface area (Å²) in [7, 11) is -2.12. The Morgan fingerprint density at radius 2 is 1.81 bits per heavy atom. The second-order valence-electron chi connectivity index (χ2n) is 6.05. The van der Waals surface area contributed by atoms with Crippen LogP contribution in [0.3, 0.4) is 0 Å². The van der Waals surface area contributed by atoms with Gasteiger partial charge in [0.2, 0.25) is 15.9 Å². The van der Waals surface area contributed by atoms with Gasteiger partial charge >= 0.3 is 11.8 Å². The van der Waals surface area contributed by atoms with Gasteiger partial charge in [0.25, 0.3) is 0 Å². The molecule has 1 aliphatic rings. The number of nitrogens with zero attached hydrogens (tertiary/aromatic N) is 5. The van der Waals surface area contributed by atoms with Crippen molar-refractivity contribution in [3.63, 3.8) is 0 Å². The Kier molecular flexibility index (Phi) is 3.84. The van der Waals surface area contributed by atoms with E-state index in [0.29, 0.717) is 43.6 Å². The monoisotopic (exact) mass is 379 g/mol. The van der Waals surface area contributed by atoms with Gasteiger partial charge in [-0.25, -0.2) is 13.2 Å². The van der Waals surface area contributed by atoms with E-state index in [1.165, 1.54) is 21.0 Å². The van der Waals surface area contributed by atoms with Crippen molar-refractivity contribution in [2.75, 3.05) is 31.1 Å². The van der Waals surface area contributed by atoms with E-state index in [1.54, 1.807) is 20.0 Å². The van der Waals surface area contributed by atoms with Gasteiger partial charge in [-0.15, -0.1) is 5.10 Å². The number of aromatic nitrogens is 3. The van der Waals surface area contributed by atoms with Gasteiger partial charge in [0.15, 0.2) is 5.58 Å². The lowest BCUT2D eigenvalue weighted by Crippen LogP contribution is -2.48. The van der Waals surface area contributed by atoms with Crippen LogP contribution in [-0.2, 0) is 17.1 Å². The lowest BCUT2D eigenvalue weighted by atomic mass is 10.3. The molecule has 138 valence electrons. The summed E-state index contributed by atoms with van der Waals surface area (Å²) in [6.45, 7) is 3.18. The highest BCUT2D eigenvalue weighted by atomic mass is 32.2. The van der Waals surface area contributed by atoms with E-state index < -0.39 is 15.8 Å². The second kappa shape index (κ2) is 5.95. The molecule has 1 aromatic carbocycles. The highest BCUT2D eigenvalue weighted by Crippen LogP contribution is 2.23. The Morgan fingerprint density at radius 3 is 2.46 bits per heavy atom. The zero-order chi connectivity index (χ0) is 18.5. The third-order valence-corrected chi connectivity index (χ3v) is 6.32. The SMILES string of the molecule is Cc1nnc(N2CCN(S(=O)(=O)c3ccc4c(c3)oc(=O)n4C)CC2)o1. The summed E-state index contributed by atoms with van der Waals surface area (Å²) in [5, 5.41) is 7.74. The van der Waals surface area contributed by atoms with Crippen molar-refractivity contribution in [2.24, 2.45) is 7.05 Å². The number of oxazole rings is 1. The molecule has 1 aliphatic heterocycles. The summed E-state index contributed by atoms with van der Waals surface area (Å²) in [5.41, 5.74) is 0.795. The summed E-state index contributed by atoms with van der Waals surface area (Å²) in [6, 6.07) is 4.84. The number of rotatable bonds is 3. The third-order valence-electron chi connectivity index (χ3n) is 4.43. The number of sulfonamides is 1. The molecule has 0 atom stereocenters. The van der Waals surface area contributed by atoms with Crippen LogP contribution in [0.15, 0.2) is 36.7 Å². The van der Waals surface area contributed by atoms with Crippen LogP contribution in [0.25, 0.3) is 11.1 Å². The van der Waals surface area contributed by atoms with Gasteiger partial charge < -0.3 is 13.7 Å². The Labute approximate surface area is 148 Å². The van der Waals surface area contributed by atoms with Crippen molar-refractivity contribution < 1.29 is 17.3 Å². The standard InChI is InChI=1S/C15H17N5O5S/c1-10-16-17-14(24-10)19-5-7-20(8-6-19)26(22,23)11-3-4-12-13(9-11)25-15(21)18(12)2/h3-4,9H,5-8H2,1-2H3. The summed E-state index contributed by atoms with van der Waals surface area (Å²) >= 11 is 0. The minimum atomic E-state index is -3.69. The quantitative estimate of drug-likeness (QED) is 0.640. The van der Waals surface area contributed by atoms with E-state index in [9.17, 15) is 13.2 Å². The Balaban J connectivity index is 1.56. The first kappa shape index (κ1) is 16.8. The number of hydrogen-bond acceptors (Lipinski definition) is 8. The Bertz CT molecular complexity index is 1120. The van der Waals surface area contributed by atoms with Crippen molar-refractivity contribution in [1.29, 1.82) is 0 Å². The maximum atomic E-state index is 12.9. The van der Waals surface area contributed by atoms with E-state index in [0.717, 1.165) is 0 Å². The van der Waals surface area contributed by atoms with Gasteiger partial charge in [0.05, 0.1) is 10.4 Å². The minimum absolute atomic E-state index is 0.0986. The molecule has 0 N–H and O–H groups in total. The van der Waals surface area contributed by atoms with E-state index in [2.05, 4.69) is 10.2 Å². The second-order valence-corrected chi connectivity index (χ2v) is 7.99. The van der Waals surface area contributed by atoms with E-state index >= 15 is 0 Å². The van der Waals surface area contributed by atoms with Crippen molar-refractivity contribution >= 4 is 27.1 Å². The maximum Gasteiger partial charge on any atom is 0.419 e. The normalized spacial score (nSPS) is 16.5. The zero-order valence-electron chi connectivity index (χ0n) is 14.2. The molecule has 0 amide bonds. The number of piperazine rings is 1. The zero-order valence-corrected chi connectivity index (χ0v) is 15.1. The van der Waals surface area contributed by atoms with E-state index in [4.69, 9.17) is 8.83 Å². The van der Waals surface area contributed by atoms with E-state index in [-0.39, 0.29) is 10.5 Å². The molecule has 0 aliphatic carbocycles. The van der Waals surface area contributed by atoms with Crippen LogP contribution >= 0.6 is 0 Å². The van der Waals surface area contributed by atoms with Crippen LogP contribution in [0.2, 0.25) is 0 Å². The van der Waals surface area contributed by atoms with E-state index in [1.807, 2.05) is 4.90 Å². The lowest BCUT2D eigenvalue weighted by molar-refractivity contribution is 0.370. The first-order chi connectivity index (χ1) is 12.4. The molecule has 0 radical (unpaired) electrons. The van der Waals surface area contributed by atoms with Gasteiger partial charge in [0, 0.05) is 46.2 Å². The van der Waals surface area contributed by atoms with Gasteiger partial charge in [-0.05, 0) is 12.1 Å². The fraction of sp³-hybridized carbons (Fsp3) is 0.400. The maximum absolute atomic E-state index is 12.9. The fourth-order valence-corrected chi connectivity index (χ4v) is 4.40. The van der Waals surface area contributed by atoms with Crippen LogP contribution in [0.1, 0.15) is 5.89 Å². The van der Waals surface area contributed by atoms with Crippen molar-refractivity contribution in [2.45, 2.75) is 11.8 Å². The van der Waals surface area contributed by atoms with Crippen LogP contribution < -0.4 is 10.7 Å². The minimum Gasteiger partial charge on any atom is -0.408 e. The molecule has 0 bridgehead atoms. The van der Waals surface area contributed by atoms with Gasteiger partial charge in [0.1, 0.15) is 0 Å². The molecule has 2 aromatic heterocycles. The molecule has 3 aromatic rings. The molecule has 10 nitrogen and oxygen atoms in total. The average molecular weight is 379 g/mol. The highest BCUT2D eigenvalue weighted by Gasteiger charge is 2.30.